The lowest BCUT2D eigenvalue weighted by molar-refractivity contribution is 0.356. The molecule has 2 radical (unpaired) electrons. The van der Waals surface area contributed by atoms with E-state index in [1.165, 1.54) is 0 Å². The number of aliphatic hydroxyl groups is 1. The van der Waals surface area contributed by atoms with Crippen molar-refractivity contribution >= 4 is 5.69 Å². The highest BCUT2D eigenvalue weighted by molar-refractivity contribution is 5.45. The first kappa shape index (κ1) is 16.8. The average molecular weight is 303 g/mol. The molecule has 0 fully saturated rings. The van der Waals surface area contributed by atoms with E-state index in [1.54, 1.807) is 0 Å². The summed E-state index contributed by atoms with van der Waals surface area (Å²) >= 11 is 0. The summed E-state index contributed by atoms with van der Waals surface area (Å²) < 4.78 is 0. The number of aliphatic hydroxyl groups excluding tert-OH is 1. The summed E-state index contributed by atoms with van der Waals surface area (Å²) in [5.74, 6) is 0. The van der Waals surface area contributed by atoms with Crippen molar-refractivity contribution in [3.05, 3.63) is 115 Å². The fraction of sp³-hybridized carbons (Fsp3) is 0.0476. The molecule has 0 saturated heterocycles. The molecule has 0 heterocycles. The van der Waals surface area contributed by atoms with Crippen LogP contribution in [0, 0.1) is 13.2 Å². The van der Waals surface area contributed by atoms with E-state index in [4.69, 9.17) is 0 Å². The zero-order chi connectivity index (χ0) is 16.5. The summed E-state index contributed by atoms with van der Waals surface area (Å²) in [4.78, 5) is 1.83. The van der Waals surface area contributed by atoms with Gasteiger partial charge in [0.25, 0.3) is 0 Å². The second-order valence-corrected chi connectivity index (χ2v) is 5.11. The summed E-state index contributed by atoms with van der Waals surface area (Å²) in [6.45, 7) is 0. The number of anilines is 1. The summed E-state index contributed by atoms with van der Waals surface area (Å²) in [5, 5.41) is 9.91. The van der Waals surface area contributed by atoms with Gasteiger partial charge >= 0.3 is 0 Å². The zero-order valence-corrected chi connectivity index (χ0v) is 13.3. The Morgan fingerprint density at radius 2 is 1.04 bits per heavy atom. The van der Waals surface area contributed by atoms with Crippen molar-refractivity contribution in [3.8, 4) is 0 Å². The van der Waals surface area contributed by atoms with Gasteiger partial charge in [-0.25, -0.2) is 0 Å². The fourth-order valence-electron chi connectivity index (χ4n) is 2.04. The first-order valence-electron chi connectivity index (χ1n) is 7.44. The second-order valence-electron chi connectivity index (χ2n) is 5.11. The Balaban J connectivity index is 0.000000185. The third kappa shape index (κ3) is 5.28. The van der Waals surface area contributed by atoms with E-state index in [0.717, 1.165) is 16.8 Å². The van der Waals surface area contributed by atoms with Crippen LogP contribution in [0.1, 0.15) is 11.1 Å². The number of hydrogen-bond acceptors (Lipinski definition) is 2. The SMILES string of the molecule is O[C](c1ccccc1)c1ccccc1.[CH2]N(C)c1ccccc1. The van der Waals surface area contributed by atoms with Crippen molar-refractivity contribution in [2.45, 2.75) is 0 Å². The van der Waals surface area contributed by atoms with E-state index in [0.29, 0.717) is 6.10 Å². The molecule has 0 unspecified atom stereocenters. The molecule has 0 atom stereocenters. The van der Waals surface area contributed by atoms with Gasteiger partial charge in [-0.2, -0.15) is 0 Å². The largest absolute Gasteiger partial charge is 0.377 e. The van der Waals surface area contributed by atoms with Gasteiger partial charge in [0.05, 0.1) is 0 Å². The number of nitrogens with zero attached hydrogens (tertiary/aromatic N) is 1. The zero-order valence-electron chi connectivity index (χ0n) is 13.3. The van der Waals surface area contributed by atoms with Crippen LogP contribution in [-0.2, 0) is 0 Å². The minimum absolute atomic E-state index is 0.325. The lowest BCUT2D eigenvalue weighted by atomic mass is 10.0. The van der Waals surface area contributed by atoms with Gasteiger partial charge in [0, 0.05) is 19.8 Å². The topological polar surface area (TPSA) is 23.5 Å². The molecule has 0 amide bonds. The van der Waals surface area contributed by atoms with Crippen LogP contribution in [0.4, 0.5) is 5.69 Å². The van der Waals surface area contributed by atoms with Gasteiger partial charge in [-0.1, -0.05) is 78.9 Å². The molecule has 0 spiro atoms. The molecule has 0 aliphatic carbocycles. The monoisotopic (exact) mass is 303 g/mol. The first-order chi connectivity index (χ1) is 11.2. The average Bonchev–Trinajstić information content (AvgIpc) is 2.64. The van der Waals surface area contributed by atoms with Gasteiger partial charge in [0.15, 0.2) is 6.10 Å². The quantitative estimate of drug-likeness (QED) is 0.743. The van der Waals surface area contributed by atoms with Gasteiger partial charge in [0.2, 0.25) is 0 Å². The van der Waals surface area contributed by atoms with E-state index in [2.05, 4.69) is 7.05 Å². The van der Waals surface area contributed by atoms with E-state index in [-0.39, 0.29) is 0 Å². The van der Waals surface area contributed by atoms with Crippen LogP contribution >= 0.6 is 0 Å². The van der Waals surface area contributed by atoms with Crippen LogP contribution in [-0.4, -0.2) is 12.2 Å². The minimum atomic E-state index is 0.325. The van der Waals surface area contributed by atoms with Crippen LogP contribution in [0.25, 0.3) is 0 Å². The van der Waals surface area contributed by atoms with E-state index in [9.17, 15) is 5.11 Å². The van der Waals surface area contributed by atoms with E-state index in [1.807, 2.05) is 103 Å². The van der Waals surface area contributed by atoms with Crippen molar-refractivity contribution in [1.82, 2.24) is 0 Å². The number of hydrogen-bond donors (Lipinski definition) is 1. The van der Waals surface area contributed by atoms with Crippen molar-refractivity contribution in [2.75, 3.05) is 11.9 Å². The summed E-state index contributed by atoms with van der Waals surface area (Å²) in [5.41, 5.74) is 2.83. The predicted octanol–water partition coefficient (Wildman–Crippen LogP) is 4.90. The highest BCUT2D eigenvalue weighted by atomic mass is 16.3. The van der Waals surface area contributed by atoms with Gasteiger partial charge in [-0.3, -0.25) is 0 Å². The lowest BCUT2D eigenvalue weighted by Crippen LogP contribution is -2.04. The standard InChI is InChI=1S/C13H11O.C8H10N/c14-13(11-7-3-1-4-8-11)12-9-5-2-6-10-12;1-9(2)8-6-4-3-5-7-8/h1-10,14H;3-7H,1H2,2H3. The molecule has 3 aromatic rings. The van der Waals surface area contributed by atoms with Crippen LogP contribution in [0.5, 0.6) is 0 Å². The van der Waals surface area contributed by atoms with Crippen molar-refractivity contribution in [3.63, 3.8) is 0 Å². The van der Waals surface area contributed by atoms with Crippen molar-refractivity contribution in [1.29, 1.82) is 0 Å². The molecule has 3 rings (SSSR count). The summed E-state index contributed by atoms with van der Waals surface area (Å²) in [6.07, 6.45) is 0.325. The Bertz CT molecular complexity index is 626. The molecule has 1 N–H and O–H groups in total. The van der Waals surface area contributed by atoms with Crippen LogP contribution in [0.3, 0.4) is 0 Å². The third-order valence-corrected chi connectivity index (χ3v) is 3.29. The first-order valence-corrected chi connectivity index (χ1v) is 7.44. The third-order valence-electron chi connectivity index (χ3n) is 3.29. The maximum Gasteiger partial charge on any atom is 0.152 e. The van der Waals surface area contributed by atoms with Crippen LogP contribution in [0.15, 0.2) is 91.0 Å². The Labute approximate surface area is 138 Å². The second kappa shape index (κ2) is 8.76. The molecular weight excluding hydrogens is 282 g/mol. The highest BCUT2D eigenvalue weighted by Gasteiger charge is 2.09. The summed E-state index contributed by atoms with van der Waals surface area (Å²) in [6, 6.07) is 29.1. The van der Waals surface area contributed by atoms with Crippen molar-refractivity contribution < 1.29 is 5.11 Å². The number of benzene rings is 3. The number of rotatable bonds is 3. The number of para-hydroxylation sites is 1. The molecule has 0 aliphatic heterocycles. The molecule has 3 aromatic carbocycles. The predicted molar refractivity (Wildman–Crippen MR) is 96.5 cm³/mol. The van der Waals surface area contributed by atoms with E-state index < -0.39 is 0 Å². The maximum atomic E-state index is 9.91. The molecular formula is C21H21NO. The van der Waals surface area contributed by atoms with Crippen LogP contribution < -0.4 is 4.90 Å². The molecule has 0 aliphatic rings. The molecule has 0 saturated carbocycles. The van der Waals surface area contributed by atoms with Crippen molar-refractivity contribution in [2.24, 2.45) is 0 Å². The summed E-state index contributed by atoms with van der Waals surface area (Å²) in [7, 11) is 5.67. The lowest BCUT2D eigenvalue weighted by Gasteiger charge is -2.09. The molecule has 23 heavy (non-hydrogen) atoms. The molecule has 0 aromatic heterocycles. The van der Waals surface area contributed by atoms with Gasteiger partial charge in [0.1, 0.15) is 0 Å². The normalized spacial score (nSPS) is 9.91. The Hall–Kier alpha value is -2.58. The Morgan fingerprint density at radius 3 is 1.35 bits per heavy atom. The molecule has 0 bridgehead atoms. The van der Waals surface area contributed by atoms with E-state index >= 15 is 0 Å². The fourth-order valence-corrected chi connectivity index (χ4v) is 2.04. The molecule has 2 nitrogen and oxygen atoms in total. The van der Waals surface area contributed by atoms with Gasteiger partial charge < -0.3 is 10.0 Å². The van der Waals surface area contributed by atoms with Crippen LogP contribution in [0.2, 0.25) is 0 Å². The Kier molecular flexibility index (Phi) is 6.40. The van der Waals surface area contributed by atoms with Gasteiger partial charge in [-0.15, -0.1) is 0 Å². The smallest absolute Gasteiger partial charge is 0.152 e. The van der Waals surface area contributed by atoms with Gasteiger partial charge in [-0.05, 0) is 23.3 Å². The minimum Gasteiger partial charge on any atom is -0.377 e. The highest BCUT2D eigenvalue weighted by Crippen LogP contribution is 2.19. The maximum absolute atomic E-state index is 9.91. The Morgan fingerprint density at radius 1 is 0.696 bits per heavy atom. The molecule has 2 heteroatoms. The molecule has 116 valence electrons.